The summed E-state index contributed by atoms with van der Waals surface area (Å²) in [4.78, 5) is 23.8. The SMILES string of the molecule is CCCCOc1cccc(-c2ccc(NC(=O)c3ccccc3C(=O)O)c(F)c2)c1. The first-order chi connectivity index (χ1) is 14.5. The molecular formula is C24H22FNO4. The maximum absolute atomic E-state index is 14.7. The Morgan fingerprint density at radius 2 is 1.70 bits per heavy atom. The Balaban J connectivity index is 1.79. The van der Waals surface area contributed by atoms with E-state index in [9.17, 15) is 19.1 Å². The van der Waals surface area contributed by atoms with E-state index in [0.29, 0.717) is 17.9 Å². The van der Waals surface area contributed by atoms with E-state index in [1.807, 2.05) is 24.3 Å². The number of ether oxygens (including phenoxy) is 1. The average Bonchev–Trinajstić information content (AvgIpc) is 2.75. The van der Waals surface area contributed by atoms with Gasteiger partial charge in [0.1, 0.15) is 11.6 Å². The van der Waals surface area contributed by atoms with Gasteiger partial charge in [-0.05, 0) is 53.9 Å². The topological polar surface area (TPSA) is 75.6 Å². The summed E-state index contributed by atoms with van der Waals surface area (Å²) < 4.78 is 20.4. The van der Waals surface area contributed by atoms with Gasteiger partial charge in [0.25, 0.3) is 5.91 Å². The van der Waals surface area contributed by atoms with E-state index in [1.165, 1.54) is 30.3 Å². The van der Waals surface area contributed by atoms with Gasteiger partial charge in [0.05, 0.1) is 23.4 Å². The van der Waals surface area contributed by atoms with Gasteiger partial charge in [-0.2, -0.15) is 0 Å². The van der Waals surface area contributed by atoms with Crippen molar-refractivity contribution in [2.45, 2.75) is 19.8 Å². The minimum atomic E-state index is -1.22. The number of carbonyl (C=O) groups is 2. The molecule has 0 saturated carbocycles. The van der Waals surface area contributed by atoms with Crippen LogP contribution in [0.1, 0.15) is 40.5 Å². The van der Waals surface area contributed by atoms with Crippen molar-refractivity contribution >= 4 is 17.6 Å². The van der Waals surface area contributed by atoms with E-state index in [2.05, 4.69) is 12.2 Å². The van der Waals surface area contributed by atoms with Crippen LogP contribution in [-0.4, -0.2) is 23.6 Å². The fraction of sp³-hybridized carbons (Fsp3) is 0.167. The van der Waals surface area contributed by atoms with E-state index in [-0.39, 0.29) is 16.8 Å². The maximum Gasteiger partial charge on any atom is 0.336 e. The molecule has 1 amide bonds. The number of carboxylic acids is 1. The largest absolute Gasteiger partial charge is 0.494 e. The molecule has 5 nitrogen and oxygen atoms in total. The van der Waals surface area contributed by atoms with Crippen LogP contribution in [0.15, 0.2) is 66.7 Å². The van der Waals surface area contributed by atoms with E-state index in [0.717, 1.165) is 18.4 Å². The first kappa shape index (κ1) is 21.0. The summed E-state index contributed by atoms with van der Waals surface area (Å²) in [5.74, 6) is -1.82. The number of halogens is 1. The highest BCUT2D eigenvalue weighted by Gasteiger charge is 2.17. The Bertz CT molecular complexity index is 1060. The van der Waals surface area contributed by atoms with Crippen LogP contribution in [0.2, 0.25) is 0 Å². The number of unbranched alkanes of at least 4 members (excludes halogenated alkanes) is 1. The van der Waals surface area contributed by atoms with Crippen molar-refractivity contribution in [2.24, 2.45) is 0 Å². The van der Waals surface area contributed by atoms with Crippen molar-refractivity contribution in [3.05, 3.63) is 83.7 Å². The van der Waals surface area contributed by atoms with E-state index in [4.69, 9.17) is 4.74 Å². The lowest BCUT2D eigenvalue weighted by Gasteiger charge is -2.11. The standard InChI is InChI=1S/C24H22FNO4/c1-2-3-13-30-18-8-6-7-16(14-18)17-11-12-22(21(25)15-17)26-23(27)19-9-4-5-10-20(19)24(28)29/h4-12,14-15H,2-3,13H2,1H3,(H,26,27)(H,28,29). The molecule has 0 aliphatic heterocycles. The van der Waals surface area contributed by atoms with Crippen LogP contribution in [0.3, 0.4) is 0 Å². The second-order valence-electron chi connectivity index (χ2n) is 6.73. The fourth-order valence-corrected chi connectivity index (χ4v) is 2.95. The lowest BCUT2D eigenvalue weighted by atomic mass is 10.0. The number of aromatic carboxylic acids is 1. The van der Waals surface area contributed by atoms with Crippen LogP contribution in [0.25, 0.3) is 11.1 Å². The van der Waals surface area contributed by atoms with Gasteiger partial charge in [-0.25, -0.2) is 9.18 Å². The number of carboxylic acid groups (broad SMARTS) is 1. The second-order valence-corrected chi connectivity index (χ2v) is 6.73. The van der Waals surface area contributed by atoms with Gasteiger partial charge in [-0.1, -0.05) is 43.7 Å². The molecule has 154 valence electrons. The van der Waals surface area contributed by atoms with Gasteiger partial charge < -0.3 is 15.2 Å². The van der Waals surface area contributed by atoms with Crippen LogP contribution in [0, 0.1) is 5.82 Å². The molecule has 3 rings (SSSR count). The number of hydrogen-bond acceptors (Lipinski definition) is 3. The number of benzene rings is 3. The van der Waals surface area contributed by atoms with Gasteiger partial charge >= 0.3 is 5.97 Å². The van der Waals surface area contributed by atoms with E-state index >= 15 is 0 Å². The van der Waals surface area contributed by atoms with Crippen LogP contribution in [-0.2, 0) is 0 Å². The van der Waals surface area contributed by atoms with Crippen LogP contribution in [0.4, 0.5) is 10.1 Å². The third-order valence-corrected chi connectivity index (χ3v) is 4.55. The lowest BCUT2D eigenvalue weighted by molar-refractivity contribution is 0.0692. The quantitative estimate of drug-likeness (QED) is 0.475. The molecule has 6 heteroatoms. The molecule has 0 fully saturated rings. The number of rotatable bonds is 8. The Kier molecular flexibility index (Phi) is 6.80. The summed E-state index contributed by atoms with van der Waals surface area (Å²) in [5, 5.41) is 11.7. The molecule has 0 aromatic heterocycles. The first-order valence-corrected chi connectivity index (χ1v) is 9.66. The van der Waals surface area contributed by atoms with Crippen molar-refractivity contribution in [3.8, 4) is 16.9 Å². The predicted molar refractivity (Wildman–Crippen MR) is 114 cm³/mol. The third kappa shape index (κ3) is 5.03. The zero-order valence-electron chi connectivity index (χ0n) is 16.5. The van der Waals surface area contributed by atoms with Crippen LogP contribution < -0.4 is 10.1 Å². The molecule has 30 heavy (non-hydrogen) atoms. The minimum absolute atomic E-state index is 0.0284. The molecule has 0 radical (unpaired) electrons. The Labute approximate surface area is 174 Å². The van der Waals surface area contributed by atoms with Crippen LogP contribution >= 0.6 is 0 Å². The summed E-state index contributed by atoms with van der Waals surface area (Å²) in [6.07, 6.45) is 1.99. The van der Waals surface area contributed by atoms with E-state index < -0.39 is 17.7 Å². The minimum Gasteiger partial charge on any atom is -0.494 e. The number of anilines is 1. The Morgan fingerprint density at radius 3 is 2.40 bits per heavy atom. The normalized spacial score (nSPS) is 10.5. The highest BCUT2D eigenvalue weighted by Crippen LogP contribution is 2.27. The number of hydrogen-bond donors (Lipinski definition) is 2. The molecule has 0 spiro atoms. The third-order valence-electron chi connectivity index (χ3n) is 4.55. The molecule has 0 aliphatic rings. The molecule has 0 aliphatic carbocycles. The van der Waals surface area contributed by atoms with Crippen molar-refractivity contribution in [1.82, 2.24) is 0 Å². The zero-order valence-corrected chi connectivity index (χ0v) is 16.5. The number of nitrogens with one attached hydrogen (secondary N) is 1. The number of amides is 1. The van der Waals surface area contributed by atoms with Crippen molar-refractivity contribution in [1.29, 1.82) is 0 Å². The van der Waals surface area contributed by atoms with Gasteiger partial charge in [-0.15, -0.1) is 0 Å². The summed E-state index contributed by atoms with van der Waals surface area (Å²) >= 11 is 0. The summed E-state index contributed by atoms with van der Waals surface area (Å²) in [5.41, 5.74) is 1.21. The number of carbonyl (C=O) groups excluding carboxylic acids is 1. The summed E-state index contributed by atoms with van der Waals surface area (Å²) in [6, 6.07) is 17.6. The second kappa shape index (κ2) is 9.69. The van der Waals surface area contributed by atoms with Crippen molar-refractivity contribution in [3.63, 3.8) is 0 Å². The molecule has 2 N–H and O–H groups in total. The Hall–Kier alpha value is -3.67. The molecule has 0 saturated heterocycles. The maximum atomic E-state index is 14.7. The lowest BCUT2D eigenvalue weighted by Crippen LogP contribution is -2.17. The van der Waals surface area contributed by atoms with E-state index in [1.54, 1.807) is 12.1 Å². The molecule has 0 bridgehead atoms. The molecule has 0 heterocycles. The average molecular weight is 407 g/mol. The van der Waals surface area contributed by atoms with Gasteiger partial charge in [0.15, 0.2) is 0 Å². The van der Waals surface area contributed by atoms with Gasteiger partial charge in [-0.3, -0.25) is 4.79 Å². The van der Waals surface area contributed by atoms with Gasteiger partial charge in [0, 0.05) is 0 Å². The fourth-order valence-electron chi connectivity index (χ4n) is 2.95. The monoisotopic (exact) mass is 407 g/mol. The Morgan fingerprint density at radius 1 is 0.967 bits per heavy atom. The molecule has 3 aromatic carbocycles. The highest BCUT2D eigenvalue weighted by atomic mass is 19.1. The van der Waals surface area contributed by atoms with Crippen molar-refractivity contribution in [2.75, 3.05) is 11.9 Å². The first-order valence-electron chi connectivity index (χ1n) is 9.66. The molecular weight excluding hydrogens is 385 g/mol. The molecule has 0 unspecified atom stereocenters. The summed E-state index contributed by atoms with van der Waals surface area (Å²) in [6.45, 7) is 2.71. The highest BCUT2D eigenvalue weighted by molar-refractivity contribution is 6.10. The zero-order chi connectivity index (χ0) is 21.5. The van der Waals surface area contributed by atoms with Crippen LogP contribution in [0.5, 0.6) is 5.75 Å². The smallest absolute Gasteiger partial charge is 0.336 e. The van der Waals surface area contributed by atoms with Gasteiger partial charge in [0.2, 0.25) is 0 Å². The summed E-state index contributed by atoms with van der Waals surface area (Å²) in [7, 11) is 0. The molecule has 3 aromatic rings. The van der Waals surface area contributed by atoms with Crippen molar-refractivity contribution < 1.29 is 23.8 Å². The molecule has 0 atom stereocenters. The predicted octanol–water partition coefficient (Wildman–Crippen LogP) is 5.62.